The van der Waals surface area contributed by atoms with Crippen molar-refractivity contribution in [2.24, 2.45) is 0 Å². The molecule has 4 heterocycles. The molecule has 0 spiro atoms. The molecule has 8 rings (SSSR count). The van der Waals surface area contributed by atoms with Crippen molar-refractivity contribution >= 4 is 107 Å². The fourth-order valence-electron chi connectivity index (χ4n) is 11.6. The van der Waals surface area contributed by atoms with Crippen LogP contribution in [0, 0.1) is 22.9 Å². The fraction of sp³-hybridized carbons (Fsp3) is 0.417. The third kappa shape index (κ3) is 5.05. The normalized spacial score (nSPS) is 20.9. The number of anilines is 4. The Labute approximate surface area is 365 Å². The van der Waals surface area contributed by atoms with Gasteiger partial charge < -0.3 is 0 Å². The molecule has 2 atom stereocenters. The van der Waals surface area contributed by atoms with Crippen LogP contribution in [0.25, 0.3) is 21.5 Å². The van der Waals surface area contributed by atoms with E-state index in [-0.39, 0.29) is 56.0 Å². The number of rotatable bonds is 6. The highest BCUT2D eigenvalue weighted by Gasteiger charge is 2.82. The lowest BCUT2D eigenvalue weighted by Crippen LogP contribution is -2.77. The number of carbonyl (C=O) groups excluding carboxylic acids is 4. The number of hydrogen-bond donors (Lipinski definition) is 0. The van der Waals surface area contributed by atoms with Gasteiger partial charge in [-0.25, -0.2) is 0 Å². The third-order valence-corrected chi connectivity index (χ3v) is 28.1. The van der Waals surface area contributed by atoms with Crippen LogP contribution in [0.3, 0.4) is 0 Å². The van der Waals surface area contributed by atoms with Gasteiger partial charge >= 0.3 is 23.6 Å². The first kappa shape index (κ1) is 42.1. The summed E-state index contributed by atoms with van der Waals surface area (Å²) in [4.78, 5) is 64.5. The van der Waals surface area contributed by atoms with Crippen LogP contribution < -0.4 is 19.6 Å². The molecule has 0 N–H and O–H groups in total. The van der Waals surface area contributed by atoms with Crippen molar-refractivity contribution in [1.29, 1.82) is 0 Å². The van der Waals surface area contributed by atoms with E-state index in [0.29, 0.717) is 21.9 Å². The van der Waals surface area contributed by atoms with Gasteiger partial charge in [-0.05, 0) is 56.2 Å². The Morgan fingerprint density at radius 2 is 0.750 bits per heavy atom. The summed E-state index contributed by atoms with van der Waals surface area (Å²) in [6.45, 7) is 26.7. The van der Waals surface area contributed by atoms with Crippen molar-refractivity contribution in [3.63, 3.8) is 0 Å². The number of fused-ring (bicyclic) bond motifs is 8. The standard InChI is InChI=1S/C48H52Cl2N4O4Si2/c1-27(2)59(28(3)4,29(5)6)23-21-37-35-19-15-16-20-36(35)38(22-24-60(30(7)8,31(9)10)32(11)12)42-41(37)53-45(57)43(55)51-39-25-33-17-13-14-18-34(33)26-40(39)52-44(56)46(58)54(42)48(52,50)47(51,53)49/h13-20,25-32H,1-12H3/t47-,48-/m0/s1. The molecule has 4 aliphatic rings. The van der Waals surface area contributed by atoms with Crippen LogP contribution in [0.5, 0.6) is 0 Å². The number of halogens is 2. The second-order valence-electron chi connectivity index (χ2n) is 18.7. The van der Waals surface area contributed by atoms with Crippen LogP contribution in [0.4, 0.5) is 22.7 Å². The number of benzene rings is 4. The van der Waals surface area contributed by atoms with Crippen molar-refractivity contribution in [2.75, 3.05) is 19.6 Å². The molecular weight excluding hydrogens is 824 g/mol. The second kappa shape index (κ2) is 14.0. The number of carbonyl (C=O) groups is 4. The number of hydrogen-bond acceptors (Lipinski definition) is 4. The van der Waals surface area contributed by atoms with E-state index in [1.54, 1.807) is 12.1 Å². The molecule has 0 bridgehead atoms. The van der Waals surface area contributed by atoms with Gasteiger partial charge in [0.15, 0.2) is 0 Å². The Kier molecular flexibility index (Phi) is 9.81. The van der Waals surface area contributed by atoms with Gasteiger partial charge in [-0.15, -0.1) is 11.1 Å². The molecule has 4 aromatic rings. The molecule has 4 aliphatic heterocycles. The molecule has 2 fully saturated rings. The fourth-order valence-corrected chi connectivity index (χ4v) is 23.0. The van der Waals surface area contributed by atoms with E-state index >= 15 is 9.59 Å². The lowest BCUT2D eigenvalue weighted by Gasteiger charge is -2.58. The lowest BCUT2D eigenvalue weighted by molar-refractivity contribution is -0.134. The van der Waals surface area contributed by atoms with Crippen LogP contribution in [0.15, 0.2) is 60.7 Å². The predicted molar refractivity (Wildman–Crippen MR) is 251 cm³/mol. The molecule has 0 aliphatic carbocycles. The van der Waals surface area contributed by atoms with Crippen LogP contribution in [-0.2, 0) is 19.2 Å². The summed E-state index contributed by atoms with van der Waals surface area (Å²) in [6, 6.07) is 18.6. The van der Waals surface area contributed by atoms with Gasteiger partial charge in [-0.1, -0.05) is 167 Å². The van der Waals surface area contributed by atoms with Gasteiger partial charge in [-0.2, -0.15) is 0 Å². The molecule has 0 radical (unpaired) electrons. The molecular formula is C48H52Cl2N4O4Si2. The predicted octanol–water partition coefficient (Wildman–Crippen LogP) is 11.0. The summed E-state index contributed by atoms with van der Waals surface area (Å²) in [6.07, 6.45) is 0. The molecule has 4 aromatic carbocycles. The van der Waals surface area contributed by atoms with E-state index in [1.807, 2.05) is 48.5 Å². The first-order valence-corrected chi connectivity index (χ1v) is 26.3. The molecule has 0 aromatic heterocycles. The van der Waals surface area contributed by atoms with Crippen molar-refractivity contribution in [2.45, 2.75) is 127 Å². The minimum absolute atomic E-state index is 0.148. The summed E-state index contributed by atoms with van der Waals surface area (Å²) in [5.41, 5.74) is 10.9. The number of nitrogens with zero attached hydrogens (tertiary/aromatic N) is 4. The van der Waals surface area contributed by atoms with Crippen LogP contribution in [-0.4, -0.2) is 50.0 Å². The first-order valence-electron chi connectivity index (χ1n) is 21.1. The van der Waals surface area contributed by atoms with E-state index in [9.17, 15) is 9.59 Å². The smallest absolute Gasteiger partial charge is 0.263 e. The molecule has 2 saturated heterocycles. The zero-order chi connectivity index (χ0) is 43.8. The second-order valence-corrected chi connectivity index (χ2v) is 30.9. The zero-order valence-corrected chi connectivity index (χ0v) is 39.9. The molecule has 0 saturated carbocycles. The Morgan fingerprint density at radius 3 is 1.05 bits per heavy atom. The van der Waals surface area contributed by atoms with Crippen LogP contribution in [0.2, 0.25) is 33.2 Å². The SMILES string of the molecule is CC(C)[Si](C#Cc1c2c(c(C#C[Si](C(C)C)(C(C)C)C(C)C)c3ccccc13)N1C(=O)C(=O)N3c4cc5ccccc5cc4N4C(=O)C(=O)N2[C@]4(Cl)[C@]31Cl)(C(C)C)C(C)C. The van der Waals surface area contributed by atoms with Gasteiger partial charge in [0.25, 0.3) is 10.2 Å². The maximum absolute atomic E-state index is 15.1. The topological polar surface area (TPSA) is 81.2 Å². The van der Waals surface area contributed by atoms with E-state index < -0.39 is 50.0 Å². The largest absolute Gasteiger partial charge is 0.320 e. The van der Waals surface area contributed by atoms with Crippen molar-refractivity contribution < 1.29 is 19.2 Å². The maximum atomic E-state index is 15.1. The molecule has 60 heavy (non-hydrogen) atoms. The van der Waals surface area contributed by atoms with Crippen LogP contribution in [0.1, 0.15) is 94.2 Å². The van der Waals surface area contributed by atoms with Gasteiger partial charge in [0.2, 0.25) is 0 Å². The summed E-state index contributed by atoms with van der Waals surface area (Å²) >= 11 is 15.9. The van der Waals surface area contributed by atoms with Gasteiger partial charge in [0.05, 0.1) is 33.9 Å². The Bertz CT molecular complexity index is 2500. The van der Waals surface area contributed by atoms with Crippen molar-refractivity contribution in [3.8, 4) is 22.9 Å². The molecule has 8 nitrogen and oxygen atoms in total. The summed E-state index contributed by atoms with van der Waals surface area (Å²) in [5, 5.41) is -1.79. The third-order valence-electron chi connectivity index (χ3n) is 14.2. The van der Waals surface area contributed by atoms with Crippen molar-refractivity contribution in [1.82, 2.24) is 0 Å². The monoisotopic (exact) mass is 874 g/mol. The summed E-state index contributed by atoms with van der Waals surface area (Å²) in [7, 11) is -4.87. The Morgan fingerprint density at radius 1 is 0.467 bits per heavy atom. The Balaban J connectivity index is 1.60. The zero-order valence-electron chi connectivity index (χ0n) is 36.4. The highest BCUT2D eigenvalue weighted by molar-refractivity contribution is 6.91. The molecule has 12 heteroatoms. The van der Waals surface area contributed by atoms with E-state index in [2.05, 4.69) is 106 Å². The minimum Gasteiger partial charge on any atom is -0.263 e. The van der Waals surface area contributed by atoms with Gasteiger partial charge in [-0.3, -0.25) is 38.8 Å². The van der Waals surface area contributed by atoms with E-state index in [0.717, 1.165) is 10.8 Å². The number of amides is 4. The average Bonchev–Trinajstić information content (AvgIpc) is 3.52. The Hall–Kier alpha value is -4.59. The lowest BCUT2D eigenvalue weighted by atomic mass is 9.91. The van der Waals surface area contributed by atoms with E-state index in [4.69, 9.17) is 23.2 Å². The highest BCUT2D eigenvalue weighted by Crippen LogP contribution is 2.67. The average molecular weight is 876 g/mol. The summed E-state index contributed by atoms with van der Waals surface area (Å²) in [5.74, 6) is 3.48. The molecule has 310 valence electrons. The number of alkyl halides is 2. The highest BCUT2D eigenvalue weighted by atomic mass is 35.5. The minimum atomic E-state index is -2.44. The van der Waals surface area contributed by atoms with Crippen molar-refractivity contribution in [3.05, 3.63) is 71.8 Å². The maximum Gasteiger partial charge on any atom is 0.320 e. The summed E-state index contributed by atoms with van der Waals surface area (Å²) < 4.78 is 0. The quantitative estimate of drug-likeness (QED) is 0.0635. The van der Waals surface area contributed by atoms with E-state index in [1.165, 1.54) is 19.6 Å². The van der Waals surface area contributed by atoms with Gasteiger partial charge in [0, 0.05) is 10.8 Å². The van der Waals surface area contributed by atoms with Crippen LogP contribution >= 0.6 is 23.2 Å². The van der Waals surface area contributed by atoms with Gasteiger partial charge in [0.1, 0.15) is 16.1 Å². The molecule has 0 unspecified atom stereocenters. The first-order chi connectivity index (χ1) is 28.2. The molecule has 4 amide bonds.